The average Bonchev–Trinajstić information content (AvgIpc) is 2.76. The van der Waals surface area contributed by atoms with E-state index in [1.807, 2.05) is 9.80 Å². The highest BCUT2D eigenvalue weighted by Gasteiger charge is 2.44. The van der Waals surface area contributed by atoms with Gasteiger partial charge in [0.15, 0.2) is 0 Å². The third-order valence-corrected chi connectivity index (χ3v) is 5.71. The topological polar surface area (TPSA) is 70.2 Å². The van der Waals surface area contributed by atoms with Crippen LogP contribution in [0.4, 0.5) is 4.79 Å². The van der Waals surface area contributed by atoms with Crippen LogP contribution in [0.1, 0.15) is 12.8 Å². The quantitative estimate of drug-likeness (QED) is 0.692. The maximum atomic E-state index is 12.4. The van der Waals surface area contributed by atoms with E-state index < -0.39 is 10.0 Å². The van der Waals surface area contributed by atoms with Crippen molar-refractivity contribution < 1.29 is 17.9 Å². The molecule has 114 valence electrons. The van der Waals surface area contributed by atoms with Crippen LogP contribution in [-0.2, 0) is 14.8 Å². The van der Waals surface area contributed by atoms with Crippen LogP contribution in [0.3, 0.4) is 0 Å². The highest BCUT2D eigenvalue weighted by molar-refractivity contribution is 7.88. The minimum absolute atomic E-state index is 0.00572. The summed E-state index contributed by atoms with van der Waals surface area (Å²) < 4.78 is 30.1. The molecule has 0 spiro atoms. The van der Waals surface area contributed by atoms with E-state index in [-0.39, 0.29) is 18.1 Å². The summed E-state index contributed by atoms with van der Waals surface area (Å²) in [5, 5.41) is 0. The number of carbonyl (C=O) groups excluding carboxylic acids is 1. The third-order valence-electron chi connectivity index (χ3n) is 4.44. The zero-order valence-electron chi connectivity index (χ0n) is 11.7. The summed E-state index contributed by atoms with van der Waals surface area (Å²) in [5.74, 6) is 0. The molecule has 3 saturated heterocycles. The molecule has 3 fully saturated rings. The third kappa shape index (κ3) is 2.51. The number of rotatable bonds is 2. The van der Waals surface area contributed by atoms with Crippen molar-refractivity contribution in [2.24, 2.45) is 0 Å². The zero-order valence-corrected chi connectivity index (χ0v) is 12.5. The lowest BCUT2D eigenvalue weighted by Crippen LogP contribution is -2.53. The molecule has 0 aliphatic carbocycles. The van der Waals surface area contributed by atoms with Gasteiger partial charge in [-0.1, -0.05) is 0 Å². The minimum Gasteiger partial charge on any atom is -0.381 e. The molecular weight excluding hydrogens is 282 g/mol. The Kier molecular flexibility index (Phi) is 3.64. The Balaban J connectivity index is 1.70. The molecule has 0 saturated carbocycles. The van der Waals surface area contributed by atoms with Gasteiger partial charge < -0.3 is 14.5 Å². The second-order valence-corrected chi connectivity index (χ2v) is 7.73. The van der Waals surface area contributed by atoms with Gasteiger partial charge in [0.2, 0.25) is 10.0 Å². The number of carbonyl (C=O) groups is 1. The summed E-state index contributed by atoms with van der Waals surface area (Å²) in [6, 6.07) is 0.303. The van der Waals surface area contributed by atoms with Gasteiger partial charge >= 0.3 is 6.03 Å². The number of nitrogens with zero attached hydrogens (tertiary/aromatic N) is 3. The number of hydrogen-bond acceptors (Lipinski definition) is 4. The van der Waals surface area contributed by atoms with E-state index in [9.17, 15) is 13.2 Å². The van der Waals surface area contributed by atoms with E-state index in [1.165, 1.54) is 10.6 Å². The van der Waals surface area contributed by atoms with Crippen LogP contribution in [0.25, 0.3) is 0 Å². The fourth-order valence-electron chi connectivity index (χ4n) is 3.31. The molecule has 0 N–H and O–H groups in total. The summed E-state index contributed by atoms with van der Waals surface area (Å²) in [7, 11) is -3.17. The predicted octanol–water partition coefficient (Wildman–Crippen LogP) is -0.453. The Bertz CT molecular complexity index is 489. The first kappa shape index (κ1) is 14.1. The van der Waals surface area contributed by atoms with Crippen LogP contribution in [0.2, 0.25) is 0 Å². The Morgan fingerprint density at radius 2 is 1.75 bits per heavy atom. The predicted molar refractivity (Wildman–Crippen MR) is 72.9 cm³/mol. The van der Waals surface area contributed by atoms with E-state index in [0.29, 0.717) is 39.4 Å². The molecule has 0 aromatic carbocycles. The van der Waals surface area contributed by atoms with Crippen LogP contribution in [0.15, 0.2) is 0 Å². The van der Waals surface area contributed by atoms with Crippen LogP contribution in [0, 0.1) is 0 Å². The molecule has 2 amide bonds. The lowest BCUT2D eigenvalue weighted by atomic mass is 10.1. The summed E-state index contributed by atoms with van der Waals surface area (Å²) in [4.78, 5) is 16.2. The lowest BCUT2D eigenvalue weighted by molar-refractivity contribution is 0.0504. The first-order valence-corrected chi connectivity index (χ1v) is 8.92. The highest BCUT2D eigenvalue weighted by Crippen LogP contribution is 2.26. The van der Waals surface area contributed by atoms with E-state index in [1.54, 1.807) is 0 Å². The van der Waals surface area contributed by atoms with Crippen molar-refractivity contribution in [3.05, 3.63) is 0 Å². The Morgan fingerprint density at radius 1 is 1.05 bits per heavy atom. The van der Waals surface area contributed by atoms with Crippen molar-refractivity contribution in [3.63, 3.8) is 0 Å². The molecule has 3 rings (SSSR count). The van der Waals surface area contributed by atoms with Gasteiger partial charge in [-0.3, -0.25) is 0 Å². The zero-order chi connectivity index (χ0) is 14.3. The number of sulfonamides is 1. The smallest absolute Gasteiger partial charge is 0.320 e. The van der Waals surface area contributed by atoms with Gasteiger partial charge in [-0.25, -0.2) is 13.2 Å². The fraction of sp³-hybridized carbons (Fsp3) is 0.917. The molecule has 0 unspecified atom stereocenters. The van der Waals surface area contributed by atoms with Gasteiger partial charge in [-0.05, 0) is 12.8 Å². The molecule has 3 heterocycles. The molecular formula is C12H21N3O4S. The number of urea groups is 1. The largest absolute Gasteiger partial charge is 0.381 e. The molecule has 0 radical (unpaired) electrons. The Morgan fingerprint density at radius 3 is 2.40 bits per heavy atom. The van der Waals surface area contributed by atoms with Gasteiger partial charge in [0.25, 0.3) is 0 Å². The second-order valence-electron chi connectivity index (χ2n) is 5.75. The molecule has 0 bridgehead atoms. The molecule has 0 aromatic rings. The van der Waals surface area contributed by atoms with E-state index >= 15 is 0 Å². The molecule has 7 nitrogen and oxygen atoms in total. The minimum atomic E-state index is -3.17. The summed E-state index contributed by atoms with van der Waals surface area (Å²) in [5.41, 5.74) is 0. The number of amides is 2. The monoisotopic (exact) mass is 303 g/mol. The lowest BCUT2D eigenvalue weighted by Gasteiger charge is -2.34. The van der Waals surface area contributed by atoms with Gasteiger partial charge in [0.1, 0.15) is 0 Å². The number of piperazine rings is 1. The highest BCUT2D eigenvalue weighted by atomic mass is 32.2. The van der Waals surface area contributed by atoms with Gasteiger partial charge in [0, 0.05) is 45.4 Å². The molecule has 1 atom stereocenters. The standard InChI is InChI=1S/C12H21N3O4S/c1-20(17,18)13-4-5-14-11(8-13)9-15(12(14)16)10-2-6-19-7-3-10/h10-11H,2-9H2,1H3/t11-/m1/s1. The number of fused-ring (bicyclic) bond motifs is 1. The average molecular weight is 303 g/mol. The first-order valence-electron chi connectivity index (χ1n) is 7.07. The summed E-state index contributed by atoms with van der Waals surface area (Å²) >= 11 is 0. The molecule has 3 aliphatic rings. The maximum Gasteiger partial charge on any atom is 0.320 e. The van der Waals surface area contributed by atoms with E-state index in [4.69, 9.17) is 4.74 Å². The van der Waals surface area contributed by atoms with Gasteiger partial charge in [-0.2, -0.15) is 4.31 Å². The van der Waals surface area contributed by atoms with Crippen molar-refractivity contribution in [1.82, 2.24) is 14.1 Å². The van der Waals surface area contributed by atoms with Crippen LogP contribution >= 0.6 is 0 Å². The SMILES string of the molecule is CS(=O)(=O)N1CCN2C(=O)N(C3CCOCC3)C[C@H]2C1. The molecule has 0 aromatic heterocycles. The number of ether oxygens (including phenoxy) is 1. The van der Waals surface area contributed by atoms with Crippen molar-refractivity contribution in [1.29, 1.82) is 0 Å². The van der Waals surface area contributed by atoms with Gasteiger partial charge in [-0.15, -0.1) is 0 Å². The van der Waals surface area contributed by atoms with Crippen molar-refractivity contribution in [3.8, 4) is 0 Å². The first-order chi connectivity index (χ1) is 9.47. The fourth-order valence-corrected chi connectivity index (χ4v) is 4.16. The maximum absolute atomic E-state index is 12.4. The van der Waals surface area contributed by atoms with Gasteiger partial charge in [0.05, 0.1) is 12.3 Å². The number of hydrogen-bond donors (Lipinski definition) is 0. The molecule has 8 heteroatoms. The second kappa shape index (κ2) is 5.16. The summed E-state index contributed by atoms with van der Waals surface area (Å²) in [6.45, 7) is 3.36. The normalized spacial score (nSPS) is 29.9. The van der Waals surface area contributed by atoms with Crippen LogP contribution in [-0.4, -0.2) is 86.3 Å². The van der Waals surface area contributed by atoms with Crippen molar-refractivity contribution >= 4 is 16.1 Å². The molecule has 3 aliphatic heterocycles. The van der Waals surface area contributed by atoms with Crippen molar-refractivity contribution in [2.45, 2.75) is 24.9 Å². The van der Waals surface area contributed by atoms with E-state index in [0.717, 1.165) is 12.8 Å². The van der Waals surface area contributed by atoms with Crippen LogP contribution in [0.5, 0.6) is 0 Å². The van der Waals surface area contributed by atoms with E-state index in [2.05, 4.69) is 0 Å². The van der Waals surface area contributed by atoms with Crippen molar-refractivity contribution in [2.75, 3.05) is 45.6 Å². The van der Waals surface area contributed by atoms with Crippen LogP contribution < -0.4 is 0 Å². The Labute approximate surface area is 119 Å². The summed E-state index contributed by atoms with van der Waals surface area (Å²) in [6.07, 6.45) is 2.99. The Hall–Kier alpha value is -0.860. The molecule has 20 heavy (non-hydrogen) atoms.